The number of urea groups is 1. The number of carbonyl (C=O) groups excluding carboxylic acids is 1. The Balaban J connectivity index is 1.69. The molecule has 8 nitrogen and oxygen atoms in total. The van der Waals surface area contributed by atoms with E-state index >= 15 is 0 Å². The quantitative estimate of drug-likeness (QED) is 0.322. The number of carbonyl (C=O) groups is 1. The largest absolute Gasteiger partial charge is 0.398 e. The Hall–Kier alpha value is -3.94. The van der Waals surface area contributed by atoms with Gasteiger partial charge in [0.25, 0.3) is 0 Å². The van der Waals surface area contributed by atoms with Crippen molar-refractivity contribution in [3.05, 3.63) is 65.7 Å². The number of amides is 2. The number of nitrogens with two attached hydrogens (primary N) is 1. The van der Waals surface area contributed by atoms with Crippen LogP contribution in [-0.4, -0.2) is 49.0 Å². The highest BCUT2D eigenvalue weighted by molar-refractivity contribution is 6.13. The molecule has 1 aliphatic carbocycles. The molecule has 1 heterocycles. The molecule has 2 aromatic carbocycles. The number of hydrogen-bond acceptors (Lipinski definition) is 6. The maximum Gasteiger partial charge on any atom is 0.321 e. The number of anilines is 3. The van der Waals surface area contributed by atoms with E-state index in [-0.39, 0.29) is 23.9 Å². The molecule has 0 bridgehead atoms. The molecule has 2 aromatic rings. The van der Waals surface area contributed by atoms with Crippen LogP contribution < -0.4 is 16.4 Å². The summed E-state index contributed by atoms with van der Waals surface area (Å²) in [6, 6.07) is 13.0. The van der Waals surface area contributed by atoms with Crippen molar-refractivity contribution < 1.29 is 4.79 Å². The SMILES string of the molecule is CC1C=CCC2N=C(c3cccc(NC(=O)N(C)C)c3)N=C(Nc3ccc(N)c(C=N)c3)C12. The van der Waals surface area contributed by atoms with Gasteiger partial charge in [-0.3, -0.25) is 4.99 Å². The van der Waals surface area contributed by atoms with E-state index in [1.807, 2.05) is 36.4 Å². The molecule has 170 valence electrons. The minimum Gasteiger partial charge on any atom is -0.398 e. The summed E-state index contributed by atoms with van der Waals surface area (Å²) in [5.74, 6) is 1.87. The Kier molecular flexibility index (Phi) is 6.26. The molecule has 2 aliphatic rings. The predicted octanol–water partition coefficient (Wildman–Crippen LogP) is 4.21. The summed E-state index contributed by atoms with van der Waals surface area (Å²) in [7, 11) is 3.40. The molecule has 0 aromatic heterocycles. The fourth-order valence-electron chi connectivity index (χ4n) is 4.14. The number of fused-ring (bicyclic) bond motifs is 1. The van der Waals surface area contributed by atoms with Crippen LogP contribution in [0.4, 0.5) is 21.9 Å². The van der Waals surface area contributed by atoms with E-state index in [2.05, 4.69) is 29.7 Å². The van der Waals surface area contributed by atoms with E-state index in [1.54, 1.807) is 20.2 Å². The van der Waals surface area contributed by atoms with Gasteiger partial charge in [0.1, 0.15) is 5.84 Å². The van der Waals surface area contributed by atoms with Crippen LogP contribution in [0.25, 0.3) is 0 Å². The lowest BCUT2D eigenvalue weighted by molar-refractivity contribution is 0.230. The summed E-state index contributed by atoms with van der Waals surface area (Å²) in [5, 5.41) is 13.9. The Morgan fingerprint density at radius 3 is 2.79 bits per heavy atom. The Labute approximate surface area is 193 Å². The first-order valence-corrected chi connectivity index (χ1v) is 10.9. The monoisotopic (exact) mass is 443 g/mol. The van der Waals surface area contributed by atoms with Gasteiger partial charge in [-0.15, -0.1) is 0 Å². The van der Waals surface area contributed by atoms with Gasteiger partial charge in [0, 0.05) is 54.4 Å². The van der Waals surface area contributed by atoms with E-state index in [0.717, 1.165) is 23.5 Å². The predicted molar refractivity (Wildman–Crippen MR) is 136 cm³/mol. The molecule has 0 fully saturated rings. The summed E-state index contributed by atoms with van der Waals surface area (Å²) in [5.41, 5.74) is 9.53. The Morgan fingerprint density at radius 1 is 1.21 bits per heavy atom. The van der Waals surface area contributed by atoms with Gasteiger partial charge in [-0.05, 0) is 42.7 Å². The molecule has 5 N–H and O–H groups in total. The Bertz CT molecular complexity index is 1170. The van der Waals surface area contributed by atoms with E-state index < -0.39 is 0 Å². The number of nitrogen functional groups attached to an aromatic ring is 1. The minimum absolute atomic E-state index is 0.0658. The smallest absolute Gasteiger partial charge is 0.321 e. The fourth-order valence-corrected chi connectivity index (χ4v) is 4.14. The third-order valence-corrected chi connectivity index (χ3v) is 5.92. The first-order valence-electron chi connectivity index (χ1n) is 10.9. The topological polar surface area (TPSA) is 119 Å². The highest BCUT2D eigenvalue weighted by atomic mass is 16.2. The van der Waals surface area contributed by atoms with Crippen molar-refractivity contribution in [3.63, 3.8) is 0 Å². The summed E-state index contributed by atoms with van der Waals surface area (Å²) in [4.78, 5) is 23.5. The Morgan fingerprint density at radius 2 is 2.03 bits per heavy atom. The number of hydrogen-bond donors (Lipinski definition) is 4. The zero-order valence-electron chi connectivity index (χ0n) is 19.0. The molecule has 4 rings (SSSR count). The number of nitrogens with one attached hydrogen (secondary N) is 3. The van der Waals surface area contributed by atoms with Crippen LogP contribution in [0, 0.1) is 17.2 Å². The van der Waals surface area contributed by atoms with Gasteiger partial charge in [0.2, 0.25) is 0 Å². The molecule has 3 atom stereocenters. The van der Waals surface area contributed by atoms with Crippen molar-refractivity contribution in [1.82, 2.24) is 4.90 Å². The first kappa shape index (κ1) is 22.3. The second-order valence-corrected chi connectivity index (χ2v) is 8.58. The van der Waals surface area contributed by atoms with E-state index in [9.17, 15) is 4.79 Å². The highest BCUT2D eigenvalue weighted by Gasteiger charge is 2.35. The van der Waals surface area contributed by atoms with E-state index in [4.69, 9.17) is 21.1 Å². The summed E-state index contributed by atoms with van der Waals surface area (Å²) < 4.78 is 0. The number of allylic oxidation sites excluding steroid dienone is 1. The van der Waals surface area contributed by atoms with Crippen molar-refractivity contribution in [1.29, 1.82) is 5.41 Å². The van der Waals surface area contributed by atoms with Crippen molar-refractivity contribution >= 4 is 41.0 Å². The molecular weight excluding hydrogens is 414 g/mol. The number of amidine groups is 2. The number of rotatable bonds is 4. The zero-order valence-corrected chi connectivity index (χ0v) is 19.0. The molecule has 8 heteroatoms. The number of aliphatic imine (C=N–C) groups is 2. The number of nitrogens with zero attached hydrogens (tertiary/aromatic N) is 3. The lowest BCUT2D eigenvalue weighted by Crippen LogP contribution is -2.41. The molecular formula is C25H29N7O. The lowest BCUT2D eigenvalue weighted by Gasteiger charge is -2.35. The molecule has 33 heavy (non-hydrogen) atoms. The van der Waals surface area contributed by atoms with Gasteiger partial charge in [0.15, 0.2) is 5.84 Å². The van der Waals surface area contributed by atoms with Crippen LogP contribution in [0.3, 0.4) is 0 Å². The van der Waals surface area contributed by atoms with Crippen molar-refractivity contribution in [2.75, 3.05) is 30.5 Å². The van der Waals surface area contributed by atoms with Crippen molar-refractivity contribution in [3.8, 4) is 0 Å². The van der Waals surface area contributed by atoms with Gasteiger partial charge in [-0.1, -0.05) is 31.2 Å². The number of benzene rings is 2. The second kappa shape index (κ2) is 9.28. The third kappa shape index (κ3) is 4.79. The standard InChI is InChI=1S/C25H29N7O/c1-15-6-4-9-21-22(15)24(28-19-10-11-20(27)17(13-19)14-26)31-23(30-21)16-7-5-8-18(12-16)29-25(33)32(2)3/h4-8,10-15,21-22,26H,9,27H2,1-3H3,(H,29,33)(H,28,30,31). The van der Waals surface area contributed by atoms with Crippen LogP contribution >= 0.6 is 0 Å². The molecule has 0 spiro atoms. The van der Waals surface area contributed by atoms with Crippen molar-refractivity contribution in [2.45, 2.75) is 19.4 Å². The van der Waals surface area contributed by atoms with Gasteiger partial charge < -0.3 is 26.7 Å². The van der Waals surface area contributed by atoms with Crippen molar-refractivity contribution in [2.24, 2.45) is 21.8 Å². The van der Waals surface area contributed by atoms with Gasteiger partial charge in [0.05, 0.1) is 6.04 Å². The highest BCUT2D eigenvalue weighted by Crippen LogP contribution is 2.33. The molecule has 1 aliphatic heterocycles. The van der Waals surface area contributed by atoms with Gasteiger partial charge >= 0.3 is 6.03 Å². The zero-order chi connectivity index (χ0) is 23.5. The van der Waals surface area contributed by atoms with E-state index in [1.165, 1.54) is 11.1 Å². The fraction of sp³-hybridized carbons (Fsp3) is 0.280. The maximum atomic E-state index is 12.1. The molecule has 2 amide bonds. The lowest BCUT2D eigenvalue weighted by atomic mass is 9.79. The van der Waals surface area contributed by atoms with Crippen LogP contribution in [0.15, 0.2) is 64.6 Å². The summed E-state index contributed by atoms with van der Waals surface area (Å²) in [6.07, 6.45) is 6.48. The summed E-state index contributed by atoms with van der Waals surface area (Å²) >= 11 is 0. The third-order valence-electron chi connectivity index (χ3n) is 5.92. The average Bonchev–Trinajstić information content (AvgIpc) is 2.80. The van der Waals surface area contributed by atoms with E-state index in [0.29, 0.717) is 22.8 Å². The van der Waals surface area contributed by atoms with Crippen LogP contribution in [-0.2, 0) is 0 Å². The minimum atomic E-state index is -0.194. The first-order chi connectivity index (χ1) is 15.9. The van der Waals surface area contributed by atoms with Gasteiger partial charge in [-0.25, -0.2) is 9.79 Å². The molecule has 0 radical (unpaired) electrons. The van der Waals surface area contributed by atoms with Crippen LogP contribution in [0.1, 0.15) is 24.5 Å². The molecule has 0 saturated carbocycles. The summed E-state index contributed by atoms with van der Waals surface area (Å²) in [6.45, 7) is 2.18. The maximum absolute atomic E-state index is 12.1. The van der Waals surface area contributed by atoms with Gasteiger partial charge in [-0.2, -0.15) is 0 Å². The molecule has 0 saturated heterocycles. The van der Waals surface area contributed by atoms with Crippen LogP contribution in [0.2, 0.25) is 0 Å². The second-order valence-electron chi connectivity index (χ2n) is 8.58. The molecule has 3 unspecified atom stereocenters. The normalized spacial score (nSPS) is 21.4. The average molecular weight is 444 g/mol. The van der Waals surface area contributed by atoms with Crippen LogP contribution in [0.5, 0.6) is 0 Å².